The Kier molecular flexibility index (Phi) is 6.95. The molecule has 0 bridgehead atoms. The summed E-state index contributed by atoms with van der Waals surface area (Å²) in [5.41, 5.74) is 2.17. The minimum absolute atomic E-state index is 0.175. The van der Waals surface area contributed by atoms with Crippen LogP contribution in [0.3, 0.4) is 0 Å². The van der Waals surface area contributed by atoms with Gasteiger partial charge in [0.1, 0.15) is 11.4 Å². The topological polar surface area (TPSA) is 119 Å². The van der Waals surface area contributed by atoms with Crippen molar-refractivity contribution >= 4 is 17.5 Å². The van der Waals surface area contributed by atoms with Crippen LogP contribution in [0.5, 0.6) is 17.2 Å². The summed E-state index contributed by atoms with van der Waals surface area (Å²) in [5.74, 6) is 0.615. The third kappa shape index (κ3) is 4.80. The van der Waals surface area contributed by atoms with Gasteiger partial charge in [-0.1, -0.05) is 6.07 Å². The number of nitrogens with zero attached hydrogens (tertiary/aromatic N) is 3. The summed E-state index contributed by atoms with van der Waals surface area (Å²) in [7, 11) is 4.55. The second-order valence-corrected chi connectivity index (χ2v) is 7.88. The molecule has 1 atom stereocenters. The molecule has 0 radical (unpaired) electrons. The number of aromatic nitrogens is 3. The molecule has 1 aliphatic rings. The van der Waals surface area contributed by atoms with Crippen LogP contribution in [0.15, 0.2) is 42.6 Å². The van der Waals surface area contributed by atoms with E-state index in [9.17, 15) is 9.59 Å². The van der Waals surface area contributed by atoms with Crippen molar-refractivity contribution in [1.82, 2.24) is 20.1 Å². The zero-order chi connectivity index (χ0) is 24.1. The molecule has 0 spiro atoms. The van der Waals surface area contributed by atoms with Crippen LogP contribution in [0.2, 0.25) is 0 Å². The smallest absolute Gasteiger partial charge is 0.271 e. The lowest BCUT2D eigenvalue weighted by atomic mass is 9.96. The number of anilines is 1. The molecule has 0 saturated carbocycles. The Hall–Kier alpha value is -4.08. The molecule has 1 aliphatic heterocycles. The van der Waals surface area contributed by atoms with Crippen molar-refractivity contribution in [1.29, 1.82) is 0 Å². The number of benzene rings is 1. The van der Waals surface area contributed by atoms with Crippen LogP contribution in [0.4, 0.5) is 5.69 Å². The molecule has 1 fully saturated rings. The summed E-state index contributed by atoms with van der Waals surface area (Å²) >= 11 is 0. The zero-order valence-corrected chi connectivity index (χ0v) is 19.3. The number of pyridine rings is 1. The third-order valence-electron chi connectivity index (χ3n) is 5.75. The molecule has 2 N–H and O–H groups in total. The first-order chi connectivity index (χ1) is 16.5. The number of nitrogens with one attached hydrogen (secondary N) is 2. The Bertz CT molecular complexity index is 1140. The molecule has 2 amide bonds. The van der Waals surface area contributed by atoms with E-state index in [2.05, 4.69) is 20.5 Å². The summed E-state index contributed by atoms with van der Waals surface area (Å²) in [6, 6.07) is 10.5. The molecule has 34 heavy (non-hydrogen) atoms. The number of carbonyl (C=O) groups excluding carboxylic acids is 2. The first kappa shape index (κ1) is 23.1. The Labute approximate surface area is 197 Å². The number of H-pyrrole nitrogens is 1. The molecule has 1 unspecified atom stereocenters. The summed E-state index contributed by atoms with van der Waals surface area (Å²) < 4.78 is 16.0. The maximum absolute atomic E-state index is 13.1. The standard InChI is InChI=1S/C24H27N5O5/c1-32-20-11-16(12-21(33-2)22(20)34-3)26-23(30)15-7-6-10-29(14-15)24(31)19-13-18(27-28-19)17-8-4-5-9-25-17/h4-5,8-9,11-13,15H,6-7,10,14H2,1-3H3,(H,26,30)(H,27,28). The van der Waals surface area contributed by atoms with E-state index >= 15 is 0 Å². The Morgan fingerprint density at radius 2 is 1.82 bits per heavy atom. The Morgan fingerprint density at radius 3 is 2.47 bits per heavy atom. The van der Waals surface area contributed by atoms with Gasteiger partial charge in [-0.25, -0.2) is 0 Å². The first-order valence-corrected chi connectivity index (χ1v) is 10.9. The van der Waals surface area contributed by atoms with E-state index in [-0.39, 0.29) is 17.7 Å². The van der Waals surface area contributed by atoms with Crippen LogP contribution in [-0.4, -0.2) is 66.3 Å². The molecule has 178 valence electrons. The molecule has 0 aliphatic carbocycles. The first-order valence-electron chi connectivity index (χ1n) is 10.9. The van der Waals surface area contributed by atoms with Gasteiger partial charge in [0, 0.05) is 37.1 Å². The summed E-state index contributed by atoms with van der Waals surface area (Å²) in [6.07, 6.45) is 3.08. The van der Waals surface area contributed by atoms with Gasteiger partial charge < -0.3 is 24.4 Å². The van der Waals surface area contributed by atoms with Crippen LogP contribution >= 0.6 is 0 Å². The highest BCUT2D eigenvalue weighted by molar-refractivity contribution is 5.96. The van der Waals surface area contributed by atoms with Gasteiger partial charge in [0.05, 0.1) is 32.9 Å². The number of piperidine rings is 1. The second kappa shape index (κ2) is 10.2. The van der Waals surface area contributed by atoms with Crippen molar-refractivity contribution in [3.63, 3.8) is 0 Å². The van der Waals surface area contributed by atoms with Crippen LogP contribution in [0, 0.1) is 5.92 Å². The summed E-state index contributed by atoms with van der Waals surface area (Å²) in [4.78, 5) is 32.0. The predicted octanol–water partition coefficient (Wildman–Crippen LogP) is 2.99. The van der Waals surface area contributed by atoms with E-state index in [1.54, 1.807) is 29.3 Å². The van der Waals surface area contributed by atoms with Gasteiger partial charge in [-0.3, -0.25) is 19.7 Å². The van der Waals surface area contributed by atoms with Gasteiger partial charge in [0.2, 0.25) is 11.7 Å². The largest absolute Gasteiger partial charge is 0.493 e. The van der Waals surface area contributed by atoms with E-state index < -0.39 is 0 Å². The van der Waals surface area contributed by atoms with Crippen molar-refractivity contribution in [2.24, 2.45) is 5.92 Å². The van der Waals surface area contributed by atoms with E-state index in [0.29, 0.717) is 59.5 Å². The predicted molar refractivity (Wildman–Crippen MR) is 125 cm³/mol. The maximum atomic E-state index is 13.1. The zero-order valence-electron chi connectivity index (χ0n) is 19.3. The number of hydrogen-bond acceptors (Lipinski definition) is 7. The van der Waals surface area contributed by atoms with Crippen molar-refractivity contribution in [2.75, 3.05) is 39.7 Å². The minimum atomic E-state index is -0.352. The lowest BCUT2D eigenvalue weighted by Crippen LogP contribution is -2.43. The number of likely N-dealkylation sites (tertiary alicyclic amines) is 1. The fraction of sp³-hybridized carbons (Fsp3) is 0.333. The summed E-state index contributed by atoms with van der Waals surface area (Å²) in [6.45, 7) is 0.887. The molecule has 10 nitrogen and oxygen atoms in total. The highest BCUT2D eigenvalue weighted by Gasteiger charge is 2.30. The van der Waals surface area contributed by atoms with Crippen LogP contribution in [-0.2, 0) is 4.79 Å². The van der Waals surface area contributed by atoms with Crippen LogP contribution in [0.25, 0.3) is 11.4 Å². The van der Waals surface area contributed by atoms with Crippen molar-refractivity contribution < 1.29 is 23.8 Å². The van der Waals surface area contributed by atoms with E-state index in [1.807, 2.05) is 18.2 Å². The fourth-order valence-electron chi connectivity index (χ4n) is 4.02. The third-order valence-corrected chi connectivity index (χ3v) is 5.75. The van der Waals surface area contributed by atoms with Gasteiger partial charge in [-0.05, 0) is 31.0 Å². The Morgan fingerprint density at radius 1 is 1.06 bits per heavy atom. The van der Waals surface area contributed by atoms with Gasteiger partial charge in [0.25, 0.3) is 5.91 Å². The minimum Gasteiger partial charge on any atom is -0.493 e. The molecule has 3 heterocycles. The SMILES string of the molecule is COc1cc(NC(=O)C2CCCN(C(=O)c3cc(-c4ccccn4)n[nH]3)C2)cc(OC)c1OC. The lowest BCUT2D eigenvalue weighted by Gasteiger charge is -2.31. The molecular weight excluding hydrogens is 438 g/mol. The number of methoxy groups -OCH3 is 3. The molecular formula is C24H27N5O5. The number of ether oxygens (including phenoxy) is 3. The fourth-order valence-corrected chi connectivity index (χ4v) is 4.02. The van der Waals surface area contributed by atoms with Gasteiger partial charge in [-0.2, -0.15) is 5.10 Å². The average Bonchev–Trinajstić information content (AvgIpc) is 3.38. The van der Waals surface area contributed by atoms with E-state index in [1.165, 1.54) is 21.3 Å². The second-order valence-electron chi connectivity index (χ2n) is 7.88. The van der Waals surface area contributed by atoms with Crippen molar-refractivity contribution in [2.45, 2.75) is 12.8 Å². The molecule has 1 saturated heterocycles. The highest BCUT2D eigenvalue weighted by atomic mass is 16.5. The Balaban J connectivity index is 1.44. The number of amides is 2. The monoisotopic (exact) mass is 465 g/mol. The lowest BCUT2D eigenvalue weighted by molar-refractivity contribution is -0.121. The number of hydrogen-bond donors (Lipinski definition) is 2. The summed E-state index contributed by atoms with van der Waals surface area (Å²) in [5, 5.41) is 9.93. The molecule has 4 rings (SSSR count). The highest BCUT2D eigenvalue weighted by Crippen LogP contribution is 2.40. The van der Waals surface area contributed by atoms with Gasteiger partial charge in [-0.15, -0.1) is 0 Å². The van der Waals surface area contributed by atoms with Gasteiger partial charge >= 0.3 is 0 Å². The number of aromatic amines is 1. The number of rotatable bonds is 7. The molecule has 10 heteroatoms. The van der Waals surface area contributed by atoms with Gasteiger partial charge in [0.15, 0.2) is 11.5 Å². The van der Waals surface area contributed by atoms with Crippen LogP contribution < -0.4 is 19.5 Å². The van der Waals surface area contributed by atoms with E-state index in [0.717, 1.165) is 6.42 Å². The quantitative estimate of drug-likeness (QED) is 0.551. The molecule has 2 aromatic heterocycles. The van der Waals surface area contributed by atoms with E-state index in [4.69, 9.17) is 14.2 Å². The molecule has 3 aromatic rings. The van der Waals surface area contributed by atoms with Crippen molar-refractivity contribution in [3.05, 3.63) is 48.3 Å². The normalized spacial score (nSPS) is 15.5. The molecule has 1 aromatic carbocycles. The van der Waals surface area contributed by atoms with Crippen LogP contribution in [0.1, 0.15) is 23.3 Å². The number of carbonyl (C=O) groups is 2. The average molecular weight is 466 g/mol. The maximum Gasteiger partial charge on any atom is 0.271 e. The van der Waals surface area contributed by atoms with Crippen molar-refractivity contribution in [3.8, 4) is 28.6 Å².